The zero-order valence-corrected chi connectivity index (χ0v) is 21.4. The summed E-state index contributed by atoms with van der Waals surface area (Å²) in [7, 11) is 0. The van der Waals surface area contributed by atoms with Gasteiger partial charge in [0.2, 0.25) is 5.82 Å². The van der Waals surface area contributed by atoms with Gasteiger partial charge in [-0.15, -0.1) is 11.3 Å². The van der Waals surface area contributed by atoms with Crippen molar-refractivity contribution >= 4 is 44.8 Å². The molecule has 0 aliphatic heterocycles. The van der Waals surface area contributed by atoms with Gasteiger partial charge >= 0.3 is 11.7 Å². The summed E-state index contributed by atoms with van der Waals surface area (Å²) in [6, 6.07) is 12.4. The van der Waals surface area contributed by atoms with Crippen molar-refractivity contribution < 1.29 is 24.0 Å². The highest BCUT2D eigenvalue weighted by Crippen LogP contribution is 2.44. The number of halogens is 2. The number of hydrogen-bond donors (Lipinski definition) is 1. The lowest BCUT2D eigenvalue weighted by atomic mass is 9.91. The van der Waals surface area contributed by atoms with E-state index in [2.05, 4.69) is 4.98 Å². The first-order valence-electron chi connectivity index (χ1n) is 10.9. The van der Waals surface area contributed by atoms with Crippen molar-refractivity contribution in [2.45, 2.75) is 39.4 Å². The fourth-order valence-corrected chi connectivity index (χ4v) is 5.20. The highest BCUT2D eigenvalue weighted by atomic mass is 35.5. The molecule has 0 aliphatic carbocycles. The average molecular weight is 529 g/mol. The van der Waals surface area contributed by atoms with Crippen molar-refractivity contribution in [3.05, 3.63) is 80.6 Å². The number of benzene rings is 3. The van der Waals surface area contributed by atoms with E-state index in [1.807, 2.05) is 0 Å². The molecule has 4 rings (SSSR count). The van der Waals surface area contributed by atoms with Crippen LogP contribution in [0.15, 0.2) is 48.5 Å². The Morgan fingerprint density at radius 2 is 1.81 bits per heavy atom. The summed E-state index contributed by atoms with van der Waals surface area (Å²) >= 11 is 7.35. The second-order valence-corrected chi connectivity index (χ2v) is 10.7. The van der Waals surface area contributed by atoms with Crippen LogP contribution in [-0.2, 0) is 9.53 Å². The lowest BCUT2D eigenvalue weighted by Gasteiger charge is -2.28. The molecule has 186 valence electrons. The Hall–Kier alpha value is -3.40. The number of nitrogens with zero attached hydrogens (tertiary/aromatic N) is 2. The number of nitro groups is 1. The van der Waals surface area contributed by atoms with Crippen molar-refractivity contribution in [1.82, 2.24) is 4.98 Å². The first-order chi connectivity index (χ1) is 16.9. The van der Waals surface area contributed by atoms with Crippen molar-refractivity contribution in [2.24, 2.45) is 0 Å². The molecule has 0 saturated heterocycles. The van der Waals surface area contributed by atoms with E-state index in [1.165, 1.54) is 17.4 Å². The number of rotatable bonds is 6. The number of hydrogen-bond acceptors (Lipinski definition) is 6. The van der Waals surface area contributed by atoms with Crippen LogP contribution >= 0.6 is 22.9 Å². The van der Waals surface area contributed by atoms with Crippen LogP contribution in [0.1, 0.15) is 38.0 Å². The summed E-state index contributed by atoms with van der Waals surface area (Å²) < 4.78 is 21.0. The first kappa shape index (κ1) is 25.7. The molecular weight excluding hydrogens is 507 g/mol. The van der Waals surface area contributed by atoms with Gasteiger partial charge in [0.1, 0.15) is 5.01 Å². The highest BCUT2D eigenvalue weighted by Gasteiger charge is 2.32. The Morgan fingerprint density at radius 3 is 2.36 bits per heavy atom. The van der Waals surface area contributed by atoms with E-state index in [-0.39, 0.29) is 0 Å². The largest absolute Gasteiger partial charge is 0.479 e. The number of ether oxygens (including phenoxy) is 1. The molecule has 1 N–H and O–H groups in total. The number of thiazole rings is 1. The standard InChI is InChI=1S/C26H22ClFN2O5S/c1-13-11-18-23(36-24(29-18)15-7-10-19(30(33)34)17(28)12-15)21(14-5-8-16(27)9-6-14)20(13)22(25(31)32)35-26(2,3)4/h5-12,22H,1-4H3,(H,31,32). The number of aromatic nitrogens is 1. The molecule has 0 amide bonds. The Balaban J connectivity index is 2.01. The maximum atomic E-state index is 14.3. The van der Waals surface area contributed by atoms with Crippen LogP contribution in [0.25, 0.3) is 31.9 Å². The lowest BCUT2D eigenvalue weighted by Crippen LogP contribution is -2.28. The van der Waals surface area contributed by atoms with Gasteiger partial charge in [-0.1, -0.05) is 23.7 Å². The van der Waals surface area contributed by atoms with Crippen molar-refractivity contribution in [3.8, 4) is 21.7 Å². The quantitative estimate of drug-likeness (QED) is 0.204. The summed E-state index contributed by atoms with van der Waals surface area (Å²) in [5.41, 5.74) is 2.09. The van der Waals surface area contributed by atoms with Crippen LogP contribution in [0.2, 0.25) is 5.02 Å². The molecule has 0 radical (unpaired) electrons. The molecule has 0 saturated carbocycles. The lowest BCUT2D eigenvalue weighted by molar-refractivity contribution is -0.387. The zero-order chi connectivity index (χ0) is 26.4. The van der Waals surface area contributed by atoms with E-state index < -0.39 is 34.1 Å². The van der Waals surface area contributed by atoms with Crippen LogP contribution in [-0.4, -0.2) is 26.6 Å². The van der Waals surface area contributed by atoms with Gasteiger partial charge in [0.15, 0.2) is 6.10 Å². The van der Waals surface area contributed by atoms with Crippen LogP contribution in [0.4, 0.5) is 10.1 Å². The third-order valence-electron chi connectivity index (χ3n) is 5.41. The molecule has 1 unspecified atom stereocenters. The number of carboxylic acids is 1. The second kappa shape index (κ2) is 9.57. The van der Waals surface area contributed by atoms with Crippen LogP contribution < -0.4 is 0 Å². The van der Waals surface area contributed by atoms with Crippen LogP contribution in [0.5, 0.6) is 0 Å². The average Bonchev–Trinajstić information content (AvgIpc) is 3.20. The molecule has 1 atom stereocenters. The topological polar surface area (TPSA) is 103 Å². The molecule has 1 aromatic heterocycles. The molecule has 7 nitrogen and oxygen atoms in total. The molecule has 3 aromatic carbocycles. The molecule has 36 heavy (non-hydrogen) atoms. The Morgan fingerprint density at radius 1 is 1.17 bits per heavy atom. The van der Waals surface area contributed by atoms with Gasteiger partial charge in [0.05, 0.1) is 20.7 Å². The molecular formula is C26H22ClFN2O5S. The summed E-state index contributed by atoms with van der Waals surface area (Å²) in [5.74, 6) is -2.10. The Kier molecular flexibility index (Phi) is 6.83. The summed E-state index contributed by atoms with van der Waals surface area (Å²) in [4.78, 5) is 27.3. The number of carboxylic acid groups (broad SMARTS) is 1. The minimum atomic E-state index is -1.26. The van der Waals surface area contributed by atoms with Gasteiger partial charge in [-0.3, -0.25) is 10.1 Å². The molecule has 1 heterocycles. The van der Waals surface area contributed by atoms with E-state index in [0.717, 1.165) is 17.7 Å². The summed E-state index contributed by atoms with van der Waals surface area (Å²) in [5, 5.41) is 22.1. The van der Waals surface area contributed by atoms with Gasteiger partial charge < -0.3 is 9.84 Å². The summed E-state index contributed by atoms with van der Waals surface area (Å²) in [6.45, 7) is 7.15. The van der Waals surface area contributed by atoms with Crippen molar-refractivity contribution in [1.29, 1.82) is 0 Å². The Labute approximate surface area is 215 Å². The predicted octanol–water partition coefficient (Wildman–Crippen LogP) is 7.58. The van der Waals surface area contributed by atoms with E-state index >= 15 is 0 Å². The van der Waals surface area contributed by atoms with Gasteiger partial charge in [0, 0.05) is 27.8 Å². The number of aliphatic carboxylic acids is 1. The van der Waals surface area contributed by atoms with Crippen LogP contribution in [0, 0.1) is 22.9 Å². The minimum Gasteiger partial charge on any atom is -0.479 e. The maximum Gasteiger partial charge on any atom is 0.337 e. The second-order valence-electron chi connectivity index (χ2n) is 9.23. The molecule has 0 spiro atoms. The predicted molar refractivity (Wildman–Crippen MR) is 138 cm³/mol. The Bertz CT molecular complexity index is 1500. The van der Waals surface area contributed by atoms with Gasteiger partial charge in [0.25, 0.3) is 0 Å². The molecule has 0 bridgehead atoms. The van der Waals surface area contributed by atoms with Crippen LogP contribution in [0.3, 0.4) is 0 Å². The van der Waals surface area contributed by atoms with E-state index in [1.54, 1.807) is 58.0 Å². The smallest absolute Gasteiger partial charge is 0.337 e. The van der Waals surface area contributed by atoms with Gasteiger partial charge in [-0.2, -0.15) is 4.39 Å². The summed E-state index contributed by atoms with van der Waals surface area (Å²) in [6.07, 6.45) is -1.26. The minimum absolute atomic E-state index is 0.376. The number of nitro benzene ring substituents is 1. The third kappa shape index (κ3) is 5.09. The van der Waals surface area contributed by atoms with E-state index in [0.29, 0.717) is 42.5 Å². The monoisotopic (exact) mass is 528 g/mol. The molecule has 10 heteroatoms. The fraction of sp³-hybridized carbons (Fsp3) is 0.231. The SMILES string of the molecule is Cc1cc2nc(-c3ccc([N+](=O)[O-])c(F)c3)sc2c(-c2ccc(Cl)cc2)c1C(OC(C)(C)C)C(=O)O. The van der Waals surface area contributed by atoms with Crippen molar-refractivity contribution in [2.75, 3.05) is 0 Å². The maximum absolute atomic E-state index is 14.3. The van der Waals surface area contributed by atoms with Crippen molar-refractivity contribution in [3.63, 3.8) is 0 Å². The van der Waals surface area contributed by atoms with Gasteiger partial charge in [-0.05, 0) is 69.2 Å². The fourth-order valence-electron chi connectivity index (χ4n) is 3.95. The van der Waals surface area contributed by atoms with E-state index in [9.17, 15) is 24.4 Å². The zero-order valence-electron chi connectivity index (χ0n) is 19.8. The number of fused-ring (bicyclic) bond motifs is 1. The molecule has 0 aliphatic rings. The highest BCUT2D eigenvalue weighted by molar-refractivity contribution is 7.22. The number of carbonyl (C=O) groups is 1. The molecule has 0 fully saturated rings. The normalized spacial score (nSPS) is 12.6. The first-order valence-corrected chi connectivity index (χ1v) is 12.1. The number of aryl methyl sites for hydroxylation is 1. The van der Waals surface area contributed by atoms with Gasteiger partial charge in [-0.25, -0.2) is 9.78 Å². The third-order valence-corrected chi connectivity index (χ3v) is 6.80. The van der Waals surface area contributed by atoms with E-state index in [4.69, 9.17) is 16.3 Å². The molecule has 4 aromatic rings.